The van der Waals surface area contributed by atoms with E-state index in [1.807, 2.05) is 24.3 Å². The Morgan fingerprint density at radius 3 is 2.57 bits per heavy atom. The first-order valence-electron chi connectivity index (χ1n) is 10.1. The normalized spacial score (nSPS) is 14.9. The maximum atomic E-state index is 12.1. The molecule has 0 atom stereocenters. The Morgan fingerprint density at radius 2 is 1.93 bits per heavy atom. The van der Waals surface area contributed by atoms with Crippen LogP contribution < -0.4 is 16.0 Å². The largest absolute Gasteiger partial charge is 0.465 e. The third-order valence-corrected chi connectivity index (χ3v) is 5.29. The van der Waals surface area contributed by atoms with E-state index in [9.17, 15) is 4.79 Å². The third kappa shape index (κ3) is 4.47. The lowest BCUT2D eigenvalue weighted by molar-refractivity contribution is 0.0601. The van der Waals surface area contributed by atoms with Crippen molar-refractivity contribution in [1.82, 2.24) is 5.32 Å². The Balaban J connectivity index is 1.96. The highest BCUT2D eigenvalue weighted by molar-refractivity contribution is 5.97. The van der Waals surface area contributed by atoms with Gasteiger partial charge in [-0.25, -0.2) is 4.79 Å². The molecule has 0 unspecified atom stereocenters. The molecule has 1 aliphatic heterocycles. The maximum Gasteiger partial charge on any atom is 0.338 e. The predicted octanol–water partition coefficient (Wildman–Crippen LogP) is 3.94. The van der Waals surface area contributed by atoms with Gasteiger partial charge in [-0.05, 0) is 61.2 Å². The number of piperidine rings is 1. The quantitative estimate of drug-likeness (QED) is 0.586. The maximum absolute atomic E-state index is 12.1. The Hall–Kier alpha value is -2.53. The Bertz CT molecular complexity index is 813. The van der Waals surface area contributed by atoms with Crippen molar-refractivity contribution >= 4 is 17.3 Å². The lowest BCUT2D eigenvalue weighted by atomic mass is 9.97. The Morgan fingerprint density at radius 1 is 1.21 bits per heavy atom. The van der Waals surface area contributed by atoms with E-state index >= 15 is 0 Å². The number of nitrogens with two attached hydrogens (primary N) is 1. The minimum atomic E-state index is -0.339. The molecule has 5 heteroatoms. The molecule has 2 aromatic rings. The summed E-state index contributed by atoms with van der Waals surface area (Å²) in [6, 6.07) is 14.1. The molecule has 1 fully saturated rings. The van der Waals surface area contributed by atoms with Crippen LogP contribution in [0, 0.1) is 5.92 Å². The highest BCUT2D eigenvalue weighted by Crippen LogP contribution is 2.34. The van der Waals surface area contributed by atoms with Crippen LogP contribution in [0.1, 0.15) is 37.0 Å². The van der Waals surface area contributed by atoms with E-state index in [2.05, 4.69) is 36.2 Å². The van der Waals surface area contributed by atoms with Crippen molar-refractivity contribution in [3.05, 3.63) is 48.0 Å². The molecule has 0 aromatic heterocycles. The van der Waals surface area contributed by atoms with E-state index in [1.165, 1.54) is 7.11 Å². The average molecular weight is 382 g/mol. The fourth-order valence-electron chi connectivity index (χ4n) is 3.96. The number of benzene rings is 2. The number of ether oxygens (including phenoxy) is 1. The number of hydrogen-bond acceptors (Lipinski definition) is 5. The molecule has 0 radical (unpaired) electrons. The molecule has 0 bridgehead atoms. The van der Waals surface area contributed by atoms with Crippen LogP contribution in [0.15, 0.2) is 42.5 Å². The molecule has 1 aliphatic rings. The summed E-state index contributed by atoms with van der Waals surface area (Å²) in [5.41, 5.74) is 10.7. The number of rotatable bonds is 6. The van der Waals surface area contributed by atoms with Crippen molar-refractivity contribution in [3.8, 4) is 11.1 Å². The molecular formula is C23H31N3O2. The van der Waals surface area contributed by atoms with Crippen molar-refractivity contribution in [3.63, 3.8) is 0 Å². The minimum absolute atomic E-state index is 0.339. The molecule has 0 spiro atoms. The van der Waals surface area contributed by atoms with Crippen molar-refractivity contribution < 1.29 is 9.53 Å². The van der Waals surface area contributed by atoms with Gasteiger partial charge < -0.3 is 20.7 Å². The first-order valence-corrected chi connectivity index (χ1v) is 10.1. The van der Waals surface area contributed by atoms with E-state index < -0.39 is 0 Å². The van der Waals surface area contributed by atoms with Gasteiger partial charge in [-0.3, -0.25) is 0 Å². The zero-order valence-electron chi connectivity index (χ0n) is 17.1. The van der Waals surface area contributed by atoms with E-state index in [1.54, 1.807) is 6.07 Å². The smallest absolute Gasteiger partial charge is 0.338 e. The van der Waals surface area contributed by atoms with Gasteiger partial charge in [0.2, 0.25) is 0 Å². The van der Waals surface area contributed by atoms with Crippen LogP contribution in [-0.2, 0) is 4.74 Å². The van der Waals surface area contributed by atoms with Crippen LogP contribution in [0.4, 0.5) is 11.4 Å². The number of esters is 1. The van der Waals surface area contributed by atoms with Gasteiger partial charge in [0.15, 0.2) is 0 Å². The van der Waals surface area contributed by atoms with Crippen LogP contribution >= 0.6 is 0 Å². The van der Waals surface area contributed by atoms with Crippen molar-refractivity contribution in [2.45, 2.75) is 32.7 Å². The van der Waals surface area contributed by atoms with Gasteiger partial charge in [0.25, 0.3) is 0 Å². The van der Waals surface area contributed by atoms with Crippen molar-refractivity contribution in [2.75, 3.05) is 37.4 Å². The number of nitrogens with zero attached hydrogens (tertiary/aromatic N) is 1. The molecule has 28 heavy (non-hydrogen) atoms. The predicted molar refractivity (Wildman–Crippen MR) is 116 cm³/mol. The number of carbonyl (C=O) groups excluding carboxylic acids is 1. The summed E-state index contributed by atoms with van der Waals surface area (Å²) in [7, 11) is 1.40. The van der Waals surface area contributed by atoms with Crippen LogP contribution in [-0.4, -0.2) is 38.8 Å². The Labute approximate surface area is 167 Å². The van der Waals surface area contributed by atoms with Gasteiger partial charge >= 0.3 is 5.97 Å². The number of anilines is 2. The van der Waals surface area contributed by atoms with Gasteiger partial charge in [0.05, 0.1) is 24.0 Å². The molecule has 3 rings (SSSR count). The monoisotopic (exact) mass is 381 g/mol. The highest BCUT2D eigenvalue weighted by atomic mass is 16.5. The fourth-order valence-corrected chi connectivity index (χ4v) is 3.96. The molecular weight excluding hydrogens is 350 g/mol. The minimum Gasteiger partial charge on any atom is -0.465 e. The molecule has 0 aliphatic carbocycles. The number of methoxy groups -OCH3 is 1. The summed E-state index contributed by atoms with van der Waals surface area (Å²) in [6.07, 6.45) is 2.25. The lowest BCUT2D eigenvalue weighted by Crippen LogP contribution is -2.45. The molecule has 3 N–H and O–H groups in total. The van der Waals surface area contributed by atoms with Gasteiger partial charge in [0, 0.05) is 12.6 Å². The van der Waals surface area contributed by atoms with Crippen LogP contribution in [0.25, 0.3) is 11.1 Å². The highest BCUT2D eigenvalue weighted by Gasteiger charge is 2.24. The average Bonchev–Trinajstić information content (AvgIpc) is 2.72. The lowest BCUT2D eigenvalue weighted by Gasteiger charge is -2.38. The first-order chi connectivity index (χ1) is 13.5. The van der Waals surface area contributed by atoms with Crippen LogP contribution in [0.3, 0.4) is 0 Å². The summed E-state index contributed by atoms with van der Waals surface area (Å²) in [6.45, 7) is 7.55. The zero-order valence-corrected chi connectivity index (χ0v) is 17.1. The standard InChI is InChI=1S/C23H31N3O2/c1-16(2)15-26(18-10-12-25-13-11-18)22-9-8-17(14-21(22)24)19-6-4-5-7-20(19)23(27)28-3/h4-9,14,16,18,25H,10-13,15,24H2,1-3H3. The second kappa shape index (κ2) is 9.11. The molecule has 0 amide bonds. The van der Waals surface area contributed by atoms with Crippen LogP contribution in [0.5, 0.6) is 0 Å². The summed E-state index contributed by atoms with van der Waals surface area (Å²) >= 11 is 0. The molecule has 5 nitrogen and oxygen atoms in total. The van der Waals surface area contributed by atoms with Crippen molar-refractivity contribution in [2.24, 2.45) is 5.92 Å². The van der Waals surface area contributed by atoms with Crippen molar-refractivity contribution in [1.29, 1.82) is 0 Å². The summed E-state index contributed by atoms with van der Waals surface area (Å²) in [5.74, 6) is 0.211. The van der Waals surface area contributed by atoms with Crippen LogP contribution in [0.2, 0.25) is 0 Å². The first kappa shape index (κ1) is 20.2. The number of carbonyl (C=O) groups is 1. The van der Waals surface area contributed by atoms with Gasteiger partial charge in [-0.15, -0.1) is 0 Å². The van der Waals surface area contributed by atoms with E-state index in [0.29, 0.717) is 17.5 Å². The fraction of sp³-hybridized carbons (Fsp3) is 0.435. The molecule has 0 saturated carbocycles. The van der Waals surface area contributed by atoms with E-state index in [-0.39, 0.29) is 5.97 Å². The molecule has 2 aromatic carbocycles. The van der Waals surface area contributed by atoms with E-state index in [0.717, 1.165) is 55.0 Å². The third-order valence-electron chi connectivity index (χ3n) is 5.29. The summed E-state index contributed by atoms with van der Waals surface area (Å²) in [5, 5.41) is 3.44. The van der Waals surface area contributed by atoms with Gasteiger partial charge in [-0.1, -0.05) is 38.1 Å². The van der Waals surface area contributed by atoms with Gasteiger partial charge in [-0.2, -0.15) is 0 Å². The molecule has 150 valence electrons. The summed E-state index contributed by atoms with van der Waals surface area (Å²) in [4.78, 5) is 14.6. The molecule has 1 saturated heterocycles. The number of nitrogens with one attached hydrogen (secondary N) is 1. The SMILES string of the molecule is COC(=O)c1ccccc1-c1ccc(N(CC(C)C)C2CCNCC2)c(N)c1. The Kier molecular flexibility index (Phi) is 6.57. The molecule has 1 heterocycles. The number of nitrogen functional groups attached to an aromatic ring is 1. The second-order valence-corrected chi connectivity index (χ2v) is 7.84. The topological polar surface area (TPSA) is 67.6 Å². The number of hydrogen-bond donors (Lipinski definition) is 2. The summed E-state index contributed by atoms with van der Waals surface area (Å²) < 4.78 is 4.93. The second-order valence-electron chi connectivity index (χ2n) is 7.84. The zero-order chi connectivity index (χ0) is 20.1. The van der Waals surface area contributed by atoms with Gasteiger partial charge in [0.1, 0.15) is 0 Å². The van der Waals surface area contributed by atoms with E-state index in [4.69, 9.17) is 10.5 Å².